The highest BCUT2D eigenvalue weighted by atomic mass is 16.5. The molecule has 6 N–H and O–H groups in total. The maximum atomic E-state index is 13.8. The first-order valence-electron chi connectivity index (χ1n) is 23.6. The quantitative estimate of drug-likeness (QED) is 0.0616. The van der Waals surface area contributed by atoms with Crippen LogP contribution < -0.4 is 26.8 Å². The lowest BCUT2D eigenvalue weighted by atomic mass is 9.91. The summed E-state index contributed by atoms with van der Waals surface area (Å²) in [5.41, 5.74) is 14.3. The van der Waals surface area contributed by atoms with Crippen LogP contribution in [-0.4, -0.2) is 130 Å². The predicted molar refractivity (Wildman–Crippen MR) is 258 cm³/mol. The van der Waals surface area contributed by atoms with Crippen molar-refractivity contribution in [1.29, 1.82) is 0 Å². The first-order chi connectivity index (χ1) is 33.5. The van der Waals surface area contributed by atoms with E-state index in [4.69, 9.17) is 30.3 Å². The molecule has 22 heteroatoms. The molecule has 0 saturated carbocycles. The molecule has 22 nitrogen and oxygen atoms in total. The third kappa shape index (κ3) is 10.6. The average Bonchev–Trinajstić information content (AvgIpc) is 4.09. The number of nitrogens with two attached hydrogens (primary N) is 2. The van der Waals surface area contributed by atoms with Crippen LogP contribution in [0.4, 0.5) is 11.9 Å². The highest BCUT2D eigenvalue weighted by molar-refractivity contribution is 6.05. The Morgan fingerprint density at radius 2 is 1.59 bits per heavy atom. The number of hydrogen-bond acceptors (Lipinski definition) is 14. The van der Waals surface area contributed by atoms with Crippen LogP contribution in [0.5, 0.6) is 5.75 Å². The van der Waals surface area contributed by atoms with E-state index in [0.717, 1.165) is 6.42 Å². The van der Waals surface area contributed by atoms with E-state index < -0.39 is 23.6 Å². The highest BCUT2D eigenvalue weighted by Crippen LogP contribution is 2.33. The van der Waals surface area contributed by atoms with Crippen molar-refractivity contribution in [1.82, 2.24) is 48.7 Å². The van der Waals surface area contributed by atoms with Crippen molar-refractivity contribution in [2.24, 2.45) is 17.4 Å². The number of primary amides is 2. The van der Waals surface area contributed by atoms with Gasteiger partial charge in [0, 0.05) is 70.9 Å². The summed E-state index contributed by atoms with van der Waals surface area (Å²) in [5, 5.41) is 10.2. The Morgan fingerprint density at radius 3 is 2.30 bits per heavy atom. The molecule has 70 heavy (non-hydrogen) atoms. The minimum absolute atomic E-state index is 0.0472. The lowest BCUT2D eigenvalue weighted by Gasteiger charge is -2.54. The zero-order valence-electron chi connectivity index (χ0n) is 40.4. The first-order valence-corrected chi connectivity index (χ1v) is 23.6. The maximum Gasteiger partial charge on any atom is 0.295 e. The Hall–Kier alpha value is -7.46. The van der Waals surface area contributed by atoms with Gasteiger partial charge >= 0.3 is 0 Å². The van der Waals surface area contributed by atoms with E-state index in [9.17, 15) is 24.0 Å². The number of nitrogens with one attached hydrogen (secondary N) is 2. The molecule has 0 unspecified atom stereocenters. The zero-order chi connectivity index (χ0) is 49.9. The summed E-state index contributed by atoms with van der Waals surface area (Å²) in [4.78, 5) is 87.5. The lowest BCUT2D eigenvalue weighted by molar-refractivity contribution is -0.189. The number of fused-ring (bicyclic) bond motifs is 2. The van der Waals surface area contributed by atoms with Gasteiger partial charge in [-0.3, -0.25) is 48.8 Å². The molecule has 2 saturated heterocycles. The summed E-state index contributed by atoms with van der Waals surface area (Å²) in [6.45, 7) is 16.3. The van der Waals surface area contributed by atoms with Gasteiger partial charge in [-0.2, -0.15) is 5.10 Å². The van der Waals surface area contributed by atoms with E-state index in [2.05, 4.69) is 49.4 Å². The summed E-state index contributed by atoms with van der Waals surface area (Å²) in [6.07, 6.45) is 7.48. The largest absolute Gasteiger partial charge is 0.491 e. The van der Waals surface area contributed by atoms with Crippen LogP contribution in [0.1, 0.15) is 106 Å². The topological polar surface area (TPSA) is 279 Å². The number of benzene rings is 1. The Balaban J connectivity index is 1.04. The van der Waals surface area contributed by atoms with Crippen LogP contribution in [0.15, 0.2) is 47.0 Å². The number of ether oxygens (including phenoxy) is 2. The minimum atomic E-state index is -0.687. The number of morpholine rings is 1. The number of imidazole rings is 2. The lowest BCUT2D eigenvalue weighted by Crippen LogP contribution is -2.70. The number of amides is 5. The molecular weight excluding hydrogens is 901 g/mol. The van der Waals surface area contributed by atoms with Gasteiger partial charge in [0.25, 0.3) is 11.8 Å². The second-order valence-corrected chi connectivity index (χ2v) is 18.1. The SMILES string of the molecule is CCc1nc(C)oc1C(=O)Nc1nc2cc(C(N)=O)cc(OCCCN3CC4(C3)CN(C(=O)CCC(C)C)CCO4)c2n1C/C=C/Cn1c(NC(=O)c2cc(C)nn2CC)nc2cc(C(N)=O)cnc21. The second kappa shape index (κ2) is 20.6. The number of anilines is 2. The summed E-state index contributed by atoms with van der Waals surface area (Å²) in [7, 11) is 0. The number of oxazole rings is 1. The molecule has 2 aliphatic rings. The van der Waals surface area contributed by atoms with E-state index in [0.29, 0.717) is 122 Å². The molecule has 0 aliphatic carbocycles. The van der Waals surface area contributed by atoms with Crippen LogP contribution in [0.3, 0.4) is 0 Å². The molecule has 7 heterocycles. The van der Waals surface area contributed by atoms with Crippen molar-refractivity contribution in [3.05, 3.63) is 82.5 Å². The molecule has 6 aromatic rings. The number of carbonyl (C=O) groups excluding carboxylic acids is 5. The number of pyridine rings is 1. The van der Waals surface area contributed by atoms with Crippen LogP contribution in [0, 0.1) is 19.8 Å². The van der Waals surface area contributed by atoms with Crippen molar-refractivity contribution in [3.63, 3.8) is 0 Å². The van der Waals surface area contributed by atoms with Gasteiger partial charge < -0.3 is 34.8 Å². The average molecular weight is 961 g/mol. The number of nitrogens with zero attached hydrogens (tertiary/aromatic N) is 10. The molecule has 1 aromatic carbocycles. The van der Waals surface area contributed by atoms with Gasteiger partial charge in [-0.05, 0) is 63.3 Å². The number of aryl methyl sites for hydroxylation is 4. The molecule has 370 valence electrons. The highest BCUT2D eigenvalue weighted by Gasteiger charge is 2.47. The number of hydrogen-bond donors (Lipinski definition) is 4. The smallest absolute Gasteiger partial charge is 0.295 e. The molecule has 5 amide bonds. The second-order valence-electron chi connectivity index (χ2n) is 18.1. The number of aromatic nitrogens is 8. The molecule has 1 spiro atoms. The number of rotatable bonds is 20. The van der Waals surface area contributed by atoms with Crippen LogP contribution in [0.2, 0.25) is 0 Å². The van der Waals surface area contributed by atoms with Crippen molar-refractivity contribution >= 4 is 63.6 Å². The van der Waals surface area contributed by atoms with Gasteiger partial charge in [0.05, 0.1) is 42.2 Å². The Labute approximate surface area is 403 Å². The third-order valence-corrected chi connectivity index (χ3v) is 12.4. The Kier molecular flexibility index (Phi) is 14.4. The normalized spacial score (nSPS) is 14.8. The summed E-state index contributed by atoms with van der Waals surface area (Å²) in [6, 6.07) is 6.30. The molecule has 0 bridgehead atoms. The summed E-state index contributed by atoms with van der Waals surface area (Å²) < 4.78 is 23.4. The van der Waals surface area contributed by atoms with E-state index >= 15 is 0 Å². The first kappa shape index (κ1) is 49.0. The van der Waals surface area contributed by atoms with Crippen molar-refractivity contribution < 1.29 is 37.9 Å². The van der Waals surface area contributed by atoms with E-state index in [1.807, 2.05) is 30.9 Å². The van der Waals surface area contributed by atoms with Crippen molar-refractivity contribution in [2.75, 3.05) is 56.6 Å². The summed E-state index contributed by atoms with van der Waals surface area (Å²) >= 11 is 0. The van der Waals surface area contributed by atoms with E-state index in [1.54, 1.807) is 45.9 Å². The summed E-state index contributed by atoms with van der Waals surface area (Å²) in [5.74, 6) is -0.734. The van der Waals surface area contributed by atoms with Crippen molar-refractivity contribution in [3.8, 4) is 5.75 Å². The van der Waals surface area contributed by atoms with E-state index in [-0.39, 0.29) is 60.0 Å². The molecule has 0 atom stereocenters. The number of allylic oxidation sites excluding steroid dienone is 2. The van der Waals surface area contributed by atoms with Gasteiger partial charge in [0.2, 0.25) is 35.4 Å². The Morgan fingerprint density at radius 1 is 0.886 bits per heavy atom. The number of carbonyl (C=O) groups is 5. The van der Waals surface area contributed by atoms with Gasteiger partial charge in [0.15, 0.2) is 11.5 Å². The van der Waals surface area contributed by atoms with Gasteiger partial charge in [-0.25, -0.2) is 19.9 Å². The Bertz CT molecular complexity index is 2990. The zero-order valence-corrected chi connectivity index (χ0v) is 40.4. The molecule has 8 rings (SSSR count). The van der Waals surface area contributed by atoms with Crippen LogP contribution >= 0.6 is 0 Å². The monoisotopic (exact) mass is 960 g/mol. The number of likely N-dealkylation sites (tertiary alicyclic amines) is 1. The third-order valence-electron chi connectivity index (χ3n) is 12.4. The van der Waals surface area contributed by atoms with Gasteiger partial charge in [-0.1, -0.05) is 32.9 Å². The molecule has 2 fully saturated rings. The van der Waals surface area contributed by atoms with Crippen LogP contribution in [0.25, 0.3) is 22.2 Å². The van der Waals surface area contributed by atoms with Gasteiger partial charge in [-0.15, -0.1) is 0 Å². The fraction of sp³-hybridized carbons (Fsp3) is 0.458. The fourth-order valence-electron chi connectivity index (χ4n) is 8.93. The molecule has 2 aliphatic heterocycles. The molecule has 0 radical (unpaired) electrons. The van der Waals surface area contributed by atoms with Crippen molar-refractivity contribution in [2.45, 2.75) is 92.5 Å². The standard InChI is InChI=1S/C48H60N14O8/c1-7-33-40(70-30(6)52-33)45(67)56-46-53-34-21-31(41(49)64)23-37(68-18-11-14-58-25-48(26-58)27-59(17-19-69-48)38(63)13-12-28(3)4)39(34)60(46)15-9-10-16-61-43-35(22-32(24-51-43)42(50)65)54-47(61)55-44(66)36-20-29(5)57-62(36)8-2/h9-10,20-24,28H,7-8,11-19,25-27H2,1-6H3,(H2,49,64)(H2,50,65)(H,53,56,67)(H,54,55,66)/b10-9+. The fourth-order valence-corrected chi connectivity index (χ4v) is 8.93. The maximum absolute atomic E-state index is 13.8. The van der Waals surface area contributed by atoms with Crippen LogP contribution in [-0.2, 0) is 35.6 Å². The van der Waals surface area contributed by atoms with E-state index in [1.165, 1.54) is 12.3 Å². The predicted octanol–water partition coefficient (Wildman–Crippen LogP) is 4.24. The van der Waals surface area contributed by atoms with Gasteiger partial charge in [0.1, 0.15) is 28.1 Å². The minimum Gasteiger partial charge on any atom is -0.491 e. The molecular formula is C48H60N14O8. The molecule has 5 aromatic heterocycles.